The molecule has 0 aliphatic carbocycles. The van der Waals surface area contributed by atoms with Crippen LogP contribution in [0.15, 0.2) is 59.1 Å². The zero-order chi connectivity index (χ0) is 15.0. The van der Waals surface area contributed by atoms with Gasteiger partial charge in [0.15, 0.2) is 5.78 Å². The van der Waals surface area contributed by atoms with Gasteiger partial charge in [0.1, 0.15) is 0 Å². The lowest BCUT2D eigenvalue weighted by atomic mass is 9.95. The molecular weight excluding hydrogens is 439 g/mol. The summed E-state index contributed by atoms with van der Waals surface area (Å²) in [6, 6.07) is 17.8. The lowest BCUT2D eigenvalue weighted by molar-refractivity contribution is 0.103. The predicted octanol–water partition coefficient (Wildman–Crippen LogP) is 5.75. The Labute approximate surface area is 145 Å². The second-order valence-electron chi connectivity index (χ2n) is 4.93. The summed E-state index contributed by atoms with van der Waals surface area (Å²) in [4.78, 5) is 12.9. The van der Waals surface area contributed by atoms with Gasteiger partial charge < -0.3 is 0 Å². The van der Waals surface area contributed by atoms with Crippen molar-refractivity contribution < 1.29 is 4.79 Å². The van der Waals surface area contributed by atoms with E-state index >= 15 is 0 Å². The van der Waals surface area contributed by atoms with Crippen LogP contribution in [0.3, 0.4) is 0 Å². The van der Waals surface area contributed by atoms with Gasteiger partial charge in [-0.3, -0.25) is 4.79 Å². The first-order chi connectivity index (χ1) is 10.1. The molecule has 0 amide bonds. The molecule has 0 aromatic heterocycles. The Hall–Kier alpha value is -1.20. The third kappa shape index (κ3) is 2.77. The Kier molecular flexibility index (Phi) is 4.13. The standard InChI is InChI=1S/C18H12BrIO/c1-11-6-8-15(14-5-3-2-4-13(11)14)18(21)16-10-12(19)7-9-17(16)20/h2-10H,1H3. The van der Waals surface area contributed by atoms with E-state index in [9.17, 15) is 4.79 Å². The van der Waals surface area contributed by atoms with Gasteiger partial charge in [-0.15, -0.1) is 0 Å². The second kappa shape index (κ2) is 5.89. The fraction of sp³-hybridized carbons (Fsp3) is 0.0556. The average molecular weight is 451 g/mol. The van der Waals surface area contributed by atoms with E-state index in [2.05, 4.69) is 51.5 Å². The summed E-state index contributed by atoms with van der Waals surface area (Å²) in [6.45, 7) is 2.07. The third-order valence-corrected chi connectivity index (χ3v) is 4.99. The van der Waals surface area contributed by atoms with Crippen LogP contribution in [-0.2, 0) is 0 Å². The SMILES string of the molecule is Cc1ccc(C(=O)c2cc(Br)ccc2I)c2ccccc12. The number of halogens is 2. The van der Waals surface area contributed by atoms with Gasteiger partial charge in [0, 0.05) is 19.2 Å². The van der Waals surface area contributed by atoms with Crippen molar-refractivity contribution in [3.63, 3.8) is 0 Å². The molecule has 0 radical (unpaired) electrons. The summed E-state index contributed by atoms with van der Waals surface area (Å²) in [7, 11) is 0. The number of rotatable bonds is 2. The van der Waals surface area contributed by atoms with Crippen molar-refractivity contribution in [3.05, 3.63) is 79.3 Å². The van der Waals surface area contributed by atoms with Gasteiger partial charge in [-0.25, -0.2) is 0 Å². The molecule has 0 saturated heterocycles. The van der Waals surface area contributed by atoms with Gasteiger partial charge in [-0.05, 0) is 64.0 Å². The highest BCUT2D eigenvalue weighted by Gasteiger charge is 2.16. The summed E-state index contributed by atoms with van der Waals surface area (Å²) in [5, 5.41) is 2.15. The molecule has 3 rings (SSSR count). The zero-order valence-corrected chi connectivity index (χ0v) is 15.1. The van der Waals surface area contributed by atoms with Crippen LogP contribution in [0, 0.1) is 10.5 Å². The van der Waals surface area contributed by atoms with E-state index in [0.717, 1.165) is 29.9 Å². The van der Waals surface area contributed by atoms with Gasteiger partial charge in [0.2, 0.25) is 0 Å². The molecule has 0 unspecified atom stereocenters. The molecule has 0 aliphatic heterocycles. The van der Waals surface area contributed by atoms with E-state index in [1.165, 1.54) is 5.56 Å². The number of hydrogen-bond donors (Lipinski definition) is 0. The number of fused-ring (bicyclic) bond motifs is 1. The highest BCUT2D eigenvalue weighted by atomic mass is 127. The van der Waals surface area contributed by atoms with Crippen LogP contribution in [0.5, 0.6) is 0 Å². The molecule has 1 nitrogen and oxygen atoms in total. The van der Waals surface area contributed by atoms with Crippen LogP contribution in [0.25, 0.3) is 10.8 Å². The van der Waals surface area contributed by atoms with Crippen molar-refractivity contribution in [2.75, 3.05) is 0 Å². The molecular formula is C18H12BrIO. The maximum atomic E-state index is 12.9. The van der Waals surface area contributed by atoms with Gasteiger partial charge in [-0.2, -0.15) is 0 Å². The minimum atomic E-state index is 0.0666. The van der Waals surface area contributed by atoms with Crippen LogP contribution in [0.1, 0.15) is 21.5 Å². The maximum absolute atomic E-state index is 12.9. The number of carbonyl (C=O) groups excluding carboxylic acids is 1. The lowest BCUT2D eigenvalue weighted by Crippen LogP contribution is -2.05. The van der Waals surface area contributed by atoms with Gasteiger partial charge in [0.05, 0.1) is 0 Å². The van der Waals surface area contributed by atoms with Crippen molar-refractivity contribution in [2.24, 2.45) is 0 Å². The van der Waals surface area contributed by atoms with E-state index in [1.807, 2.05) is 48.5 Å². The van der Waals surface area contributed by atoms with Crippen LogP contribution in [0.2, 0.25) is 0 Å². The quantitative estimate of drug-likeness (QED) is 0.359. The molecule has 3 aromatic carbocycles. The monoisotopic (exact) mass is 450 g/mol. The van der Waals surface area contributed by atoms with E-state index in [0.29, 0.717) is 0 Å². The van der Waals surface area contributed by atoms with Crippen LogP contribution in [-0.4, -0.2) is 5.78 Å². The first kappa shape index (κ1) is 14.7. The number of benzene rings is 3. The molecule has 0 atom stereocenters. The van der Waals surface area contributed by atoms with Crippen molar-refractivity contribution in [2.45, 2.75) is 6.92 Å². The van der Waals surface area contributed by atoms with Crippen LogP contribution < -0.4 is 0 Å². The van der Waals surface area contributed by atoms with E-state index < -0.39 is 0 Å². The fourth-order valence-corrected chi connectivity index (χ4v) is 3.41. The first-order valence-corrected chi connectivity index (χ1v) is 8.43. The molecule has 0 saturated carbocycles. The molecule has 104 valence electrons. The molecule has 0 N–H and O–H groups in total. The molecule has 3 aromatic rings. The molecule has 0 bridgehead atoms. The molecule has 0 aliphatic rings. The summed E-state index contributed by atoms with van der Waals surface area (Å²) >= 11 is 5.65. The second-order valence-corrected chi connectivity index (χ2v) is 7.01. The number of aryl methyl sites for hydroxylation is 1. The van der Waals surface area contributed by atoms with Gasteiger partial charge >= 0.3 is 0 Å². The Morgan fingerprint density at radius 2 is 1.67 bits per heavy atom. The van der Waals surface area contributed by atoms with Gasteiger partial charge in [-0.1, -0.05) is 52.3 Å². The molecule has 3 heteroatoms. The number of hydrogen-bond acceptors (Lipinski definition) is 1. The number of ketones is 1. The van der Waals surface area contributed by atoms with Crippen LogP contribution in [0.4, 0.5) is 0 Å². The normalized spacial score (nSPS) is 10.8. The predicted molar refractivity (Wildman–Crippen MR) is 99.0 cm³/mol. The largest absolute Gasteiger partial charge is 0.289 e. The smallest absolute Gasteiger partial charge is 0.194 e. The number of carbonyl (C=O) groups is 1. The summed E-state index contributed by atoms with van der Waals surface area (Å²) in [5.41, 5.74) is 2.68. The minimum absolute atomic E-state index is 0.0666. The Balaban J connectivity index is 2.23. The van der Waals surface area contributed by atoms with E-state index in [-0.39, 0.29) is 5.78 Å². The highest BCUT2D eigenvalue weighted by molar-refractivity contribution is 14.1. The van der Waals surface area contributed by atoms with Crippen molar-refractivity contribution in [1.82, 2.24) is 0 Å². The van der Waals surface area contributed by atoms with E-state index in [4.69, 9.17) is 0 Å². The third-order valence-electron chi connectivity index (χ3n) is 3.56. The Morgan fingerprint density at radius 3 is 2.43 bits per heavy atom. The van der Waals surface area contributed by atoms with Crippen molar-refractivity contribution >= 4 is 55.1 Å². The van der Waals surface area contributed by atoms with E-state index in [1.54, 1.807) is 0 Å². The molecule has 0 heterocycles. The summed E-state index contributed by atoms with van der Waals surface area (Å²) in [5.74, 6) is 0.0666. The zero-order valence-electron chi connectivity index (χ0n) is 11.4. The lowest BCUT2D eigenvalue weighted by Gasteiger charge is -2.10. The average Bonchev–Trinajstić information content (AvgIpc) is 2.50. The minimum Gasteiger partial charge on any atom is -0.289 e. The van der Waals surface area contributed by atoms with Gasteiger partial charge in [0.25, 0.3) is 0 Å². The van der Waals surface area contributed by atoms with Crippen LogP contribution >= 0.6 is 38.5 Å². The summed E-state index contributed by atoms with van der Waals surface area (Å²) < 4.78 is 1.88. The first-order valence-electron chi connectivity index (χ1n) is 6.56. The maximum Gasteiger partial charge on any atom is 0.194 e. The van der Waals surface area contributed by atoms with Crippen molar-refractivity contribution in [3.8, 4) is 0 Å². The Bertz CT molecular complexity index is 855. The molecule has 0 spiro atoms. The Morgan fingerprint density at radius 1 is 0.952 bits per heavy atom. The summed E-state index contributed by atoms with van der Waals surface area (Å²) in [6.07, 6.45) is 0. The van der Waals surface area contributed by atoms with Crippen molar-refractivity contribution in [1.29, 1.82) is 0 Å². The molecule has 0 fully saturated rings. The topological polar surface area (TPSA) is 17.1 Å². The highest BCUT2D eigenvalue weighted by Crippen LogP contribution is 2.27. The molecule has 21 heavy (non-hydrogen) atoms. The fourth-order valence-electron chi connectivity index (χ4n) is 2.46.